The molecule has 5 nitrogen and oxygen atoms in total. The fourth-order valence-electron chi connectivity index (χ4n) is 3.21. The molecule has 0 spiro atoms. The number of hydrogen-bond acceptors (Lipinski definition) is 3. The molecule has 0 bridgehead atoms. The van der Waals surface area contributed by atoms with Crippen molar-refractivity contribution in [3.05, 3.63) is 72.6 Å². The first-order chi connectivity index (χ1) is 12.8. The lowest BCUT2D eigenvalue weighted by Crippen LogP contribution is -2.29. The van der Waals surface area contributed by atoms with Crippen LogP contribution < -0.4 is 10.1 Å². The number of rotatable bonds is 6. The van der Waals surface area contributed by atoms with Crippen molar-refractivity contribution in [3.8, 4) is 17.1 Å². The maximum atomic E-state index is 11.4. The number of benzene rings is 2. The van der Waals surface area contributed by atoms with E-state index in [2.05, 4.69) is 14.9 Å². The number of aromatic nitrogens is 2. The van der Waals surface area contributed by atoms with Gasteiger partial charge in [0, 0.05) is 37.0 Å². The summed E-state index contributed by atoms with van der Waals surface area (Å²) in [6.45, 7) is 1.30. The quantitative estimate of drug-likeness (QED) is 0.743. The van der Waals surface area contributed by atoms with Gasteiger partial charge in [-0.15, -0.1) is 0 Å². The molecule has 0 saturated carbocycles. The molecule has 1 fully saturated rings. The van der Waals surface area contributed by atoms with Crippen molar-refractivity contribution in [2.45, 2.75) is 32.0 Å². The van der Waals surface area contributed by atoms with Gasteiger partial charge in [-0.25, -0.2) is 4.98 Å². The van der Waals surface area contributed by atoms with E-state index in [0.29, 0.717) is 13.0 Å². The summed E-state index contributed by atoms with van der Waals surface area (Å²) in [6, 6.07) is 18.3. The van der Waals surface area contributed by atoms with Crippen LogP contribution in [-0.4, -0.2) is 21.5 Å². The Morgan fingerprint density at radius 2 is 1.92 bits per heavy atom. The summed E-state index contributed by atoms with van der Waals surface area (Å²) in [6.07, 6.45) is 5.25. The molecule has 1 aromatic heterocycles. The highest BCUT2D eigenvalue weighted by molar-refractivity contribution is 5.78. The SMILES string of the molecule is O=C1CCC(Cn2ccnc2-c2ccc(OCc3ccccc3)cc2)N1. The smallest absolute Gasteiger partial charge is 0.220 e. The molecular formula is C21H21N3O2. The standard InChI is InChI=1S/C21H21N3O2/c25-20-11-8-18(23-20)14-24-13-12-22-21(24)17-6-9-19(10-7-17)26-15-16-4-2-1-3-5-16/h1-7,9-10,12-13,18H,8,11,14-15H2,(H,23,25). The molecule has 1 atom stereocenters. The number of hydrogen-bond donors (Lipinski definition) is 1. The summed E-state index contributed by atoms with van der Waals surface area (Å²) >= 11 is 0. The molecule has 1 saturated heterocycles. The van der Waals surface area contributed by atoms with Crippen LogP contribution >= 0.6 is 0 Å². The number of carbonyl (C=O) groups excluding carboxylic acids is 1. The van der Waals surface area contributed by atoms with Crippen LogP contribution in [0.5, 0.6) is 5.75 Å². The molecule has 1 aliphatic heterocycles. The van der Waals surface area contributed by atoms with Gasteiger partial charge in [-0.1, -0.05) is 30.3 Å². The van der Waals surface area contributed by atoms with Crippen molar-refractivity contribution in [3.63, 3.8) is 0 Å². The fourth-order valence-corrected chi connectivity index (χ4v) is 3.21. The zero-order valence-corrected chi connectivity index (χ0v) is 14.5. The van der Waals surface area contributed by atoms with Gasteiger partial charge in [0.05, 0.1) is 0 Å². The van der Waals surface area contributed by atoms with E-state index >= 15 is 0 Å². The predicted molar refractivity (Wildman–Crippen MR) is 99.6 cm³/mol. The molecule has 1 N–H and O–H groups in total. The van der Waals surface area contributed by atoms with Gasteiger partial charge in [0.25, 0.3) is 0 Å². The molecule has 5 heteroatoms. The van der Waals surface area contributed by atoms with E-state index < -0.39 is 0 Å². The van der Waals surface area contributed by atoms with Crippen LogP contribution in [0.4, 0.5) is 0 Å². The second kappa shape index (κ2) is 7.44. The predicted octanol–water partition coefficient (Wildman–Crippen LogP) is 3.41. The van der Waals surface area contributed by atoms with E-state index in [-0.39, 0.29) is 11.9 Å². The minimum atomic E-state index is 0.136. The van der Waals surface area contributed by atoms with E-state index in [1.54, 1.807) is 6.20 Å². The Morgan fingerprint density at radius 1 is 1.12 bits per heavy atom. The highest BCUT2D eigenvalue weighted by atomic mass is 16.5. The topological polar surface area (TPSA) is 56.2 Å². The monoisotopic (exact) mass is 347 g/mol. The first kappa shape index (κ1) is 16.4. The van der Waals surface area contributed by atoms with E-state index in [9.17, 15) is 4.79 Å². The van der Waals surface area contributed by atoms with Gasteiger partial charge in [0.2, 0.25) is 5.91 Å². The van der Waals surface area contributed by atoms with Gasteiger partial charge in [0.1, 0.15) is 18.2 Å². The van der Waals surface area contributed by atoms with Crippen LogP contribution in [-0.2, 0) is 17.9 Å². The number of nitrogens with one attached hydrogen (secondary N) is 1. The number of nitrogens with zero attached hydrogens (tertiary/aromatic N) is 2. The summed E-state index contributed by atoms with van der Waals surface area (Å²) in [4.78, 5) is 15.9. The van der Waals surface area contributed by atoms with Gasteiger partial charge in [-0.05, 0) is 36.2 Å². The molecule has 1 unspecified atom stereocenters. The highest BCUT2D eigenvalue weighted by Gasteiger charge is 2.21. The van der Waals surface area contributed by atoms with Crippen molar-refractivity contribution < 1.29 is 9.53 Å². The Balaban J connectivity index is 1.42. The van der Waals surface area contributed by atoms with E-state index in [1.165, 1.54) is 0 Å². The maximum absolute atomic E-state index is 11.4. The third-order valence-electron chi connectivity index (χ3n) is 4.58. The molecule has 1 amide bonds. The molecule has 0 radical (unpaired) electrons. The van der Waals surface area contributed by atoms with Crippen molar-refractivity contribution in [1.82, 2.24) is 14.9 Å². The Kier molecular flexibility index (Phi) is 4.69. The second-order valence-corrected chi connectivity index (χ2v) is 6.50. The summed E-state index contributed by atoms with van der Waals surface area (Å²) < 4.78 is 7.93. The molecule has 0 aliphatic carbocycles. The third kappa shape index (κ3) is 3.77. The summed E-state index contributed by atoms with van der Waals surface area (Å²) in [7, 11) is 0. The summed E-state index contributed by atoms with van der Waals surface area (Å²) in [5.74, 6) is 1.87. The van der Waals surface area contributed by atoms with Gasteiger partial charge in [-0.2, -0.15) is 0 Å². The molecule has 2 aromatic carbocycles. The van der Waals surface area contributed by atoms with Crippen molar-refractivity contribution in [2.24, 2.45) is 0 Å². The molecular weight excluding hydrogens is 326 g/mol. The lowest BCUT2D eigenvalue weighted by molar-refractivity contribution is -0.119. The van der Waals surface area contributed by atoms with E-state index in [0.717, 1.165) is 35.7 Å². The summed E-state index contributed by atoms with van der Waals surface area (Å²) in [5.41, 5.74) is 2.18. The lowest BCUT2D eigenvalue weighted by atomic mass is 10.2. The largest absolute Gasteiger partial charge is 0.489 e. The van der Waals surface area contributed by atoms with Crippen LogP contribution in [0.2, 0.25) is 0 Å². The van der Waals surface area contributed by atoms with E-state index in [1.807, 2.05) is 60.8 Å². The van der Waals surface area contributed by atoms with Crippen LogP contribution in [0, 0.1) is 0 Å². The van der Waals surface area contributed by atoms with Gasteiger partial charge in [0.15, 0.2) is 0 Å². The Morgan fingerprint density at radius 3 is 2.65 bits per heavy atom. The van der Waals surface area contributed by atoms with Gasteiger partial charge < -0.3 is 14.6 Å². The average molecular weight is 347 g/mol. The fraction of sp³-hybridized carbons (Fsp3) is 0.238. The minimum absolute atomic E-state index is 0.136. The van der Waals surface area contributed by atoms with Crippen molar-refractivity contribution in [2.75, 3.05) is 0 Å². The van der Waals surface area contributed by atoms with Gasteiger partial charge in [-0.3, -0.25) is 4.79 Å². The number of amides is 1. The first-order valence-corrected chi connectivity index (χ1v) is 8.85. The van der Waals surface area contributed by atoms with Crippen LogP contribution in [0.25, 0.3) is 11.4 Å². The lowest BCUT2D eigenvalue weighted by Gasteiger charge is -2.14. The molecule has 26 heavy (non-hydrogen) atoms. The molecule has 2 heterocycles. The van der Waals surface area contributed by atoms with Crippen LogP contribution in [0.3, 0.4) is 0 Å². The van der Waals surface area contributed by atoms with Crippen molar-refractivity contribution in [1.29, 1.82) is 0 Å². The molecule has 1 aliphatic rings. The first-order valence-electron chi connectivity index (χ1n) is 8.85. The minimum Gasteiger partial charge on any atom is -0.489 e. The van der Waals surface area contributed by atoms with Crippen LogP contribution in [0.15, 0.2) is 67.0 Å². The van der Waals surface area contributed by atoms with Crippen LogP contribution in [0.1, 0.15) is 18.4 Å². The highest BCUT2D eigenvalue weighted by Crippen LogP contribution is 2.23. The zero-order valence-electron chi connectivity index (χ0n) is 14.5. The Hall–Kier alpha value is -3.08. The molecule has 3 aromatic rings. The normalized spacial score (nSPS) is 16.5. The Bertz CT molecular complexity index is 872. The number of ether oxygens (including phenoxy) is 1. The van der Waals surface area contributed by atoms with E-state index in [4.69, 9.17) is 4.74 Å². The molecule has 4 rings (SSSR count). The molecule has 132 valence electrons. The summed E-state index contributed by atoms with van der Waals surface area (Å²) in [5, 5.41) is 3.00. The van der Waals surface area contributed by atoms with Gasteiger partial charge >= 0.3 is 0 Å². The van der Waals surface area contributed by atoms with Crippen molar-refractivity contribution >= 4 is 5.91 Å². The zero-order chi connectivity index (χ0) is 17.8. The number of imidazole rings is 1. The number of carbonyl (C=O) groups is 1. The third-order valence-corrected chi connectivity index (χ3v) is 4.58. The second-order valence-electron chi connectivity index (χ2n) is 6.50. The maximum Gasteiger partial charge on any atom is 0.220 e. The average Bonchev–Trinajstić information content (AvgIpc) is 3.30. The Labute approximate surface area is 152 Å².